The molecule has 0 saturated carbocycles. The number of ketones is 1. The summed E-state index contributed by atoms with van der Waals surface area (Å²) >= 11 is 0. The lowest BCUT2D eigenvalue weighted by Gasteiger charge is -2.34. The van der Waals surface area contributed by atoms with Crippen molar-refractivity contribution in [2.24, 2.45) is 5.92 Å². The zero-order chi connectivity index (χ0) is 22.3. The predicted molar refractivity (Wildman–Crippen MR) is 121 cm³/mol. The van der Waals surface area contributed by atoms with Crippen LogP contribution in [0, 0.1) is 11.7 Å². The highest BCUT2D eigenvalue weighted by Crippen LogP contribution is 2.28. The second-order valence-electron chi connectivity index (χ2n) is 8.75. The lowest BCUT2D eigenvalue weighted by molar-refractivity contribution is 0.0948. The molecule has 2 aliphatic heterocycles. The van der Waals surface area contributed by atoms with Crippen molar-refractivity contribution in [3.8, 4) is 0 Å². The van der Waals surface area contributed by atoms with Crippen molar-refractivity contribution in [3.05, 3.63) is 65.6 Å². The summed E-state index contributed by atoms with van der Waals surface area (Å²) in [7, 11) is -3.63. The minimum Gasteiger partial charge on any atom is -0.361 e. The number of aromatic nitrogens is 1. The SMILES string of the molecule is O=C1CN(CCN2CCC(Cc3c[nH]c4ccc(F)cc34)CC2)S(=O)(=O)c2ccccc21. The molecule has 1 saturated heterocycles. The van der Waals surface area contributed by atoms with Crippen LogP contribution in [0.2, 0.25) is 0 Å². The molecule has 5 rings (SSSR count). The summed E-state index contributed by atoms with van der Waals surface area (Å²) in [5, 5.41) is 0.952. The number of fused-ring (bicyclic) bond motifs is 2. The largest absolute Gasteiger partial charge is 0.361 e. The van der Waals surface area contributed by atoms with E-state index < -0.39 is 10.0 Å². The number of nitrogens with zero attached hydrogens (tertiary/aromatic N) is 2. The Balaban J connectivity index is 1.17. The number of sulfonamides is 1. The number of hydrogen-bond donors (Lipinski definition) is 1. The number of benzene rings is 2. The van der Waals surface area contributed by atoms with Crippen LogP contribution in [0.1, 0.15) is 28.8 Å². The summed E-state index contributed by atoms with van der Waals surface area (Å²) in [5.41, 5.74) is 2.40. The quantitative estimate of drug-likeness (QED) is 0.640. The Hall–Kier alpha value is -2.55. The summed E-state index contributed by atoms with van der Waals surface area (Å²) in [6, 6.07) is 11.3. The lowest BCUT2D eigenvalue weighted by Crippen LogP contribution is -2.46. The molecule has 0 spiro atoms. The van der Waals surface area contributed by atoms with E-state index in [0.29, 0.717) is 24.6 Å². The van der Waals surface area contributed by atoms with Gasteiger partial charge < -0.3 is 9.88 Å². The maximum atomic E-state index is 13.6. The van der Waals surface area contributed by atoms with Crippen LogP contribution in [0.15, 0.2) is 53.6 Å². The highest BCUT2D eigenvalue weighted by Gasteiger charge is 2.35. The third-order valence-corrected chi connectivity index (χ3v) is 8.64. The fourth-order valence-corrected chi connectivity index (χ4v) is 6.49. The maximum absolute atomic E-state index is 13.6. The smallest absolute Gasteiger partial charge is 0.244 e. The molecule has 0 bridgehead atoms. The number of halogens is 1. The lowest BCUT2D eigenvalue weighted by atomic mass is 9.90. The number of hydrogen-bond acceptors (Lipinski definition) is 4. The first kappa shape index (κ1) is 21.3. The van der Waals surface area contributed by atoms with Crippen molar-refractivity contribution in [3.63, 3.8) is 0 Å². The topological polar surface area (TPSA) is 73.5 Å². The Kier molecular flexibility index (Phi) is 5.61. The van der Waals surface area contributed by atoms with Gasteiger partial charge in [0.1, 0.15) is 5.82 Å². The molecule has 0 aliphatic carbocycles. The van der Waals surface area contributed by atoms with Crippen LogP contribution in [-0.4, -0.2) is 61.1 Å². The first-order chi connectivity index (χ1) is 15.4. The van der Waals surface area contributed by atoms with Crippen LogP contribution in [0.25, 0.3) is 10.9 Å². The number of carbonyl (C=O) groups is 1. The van der Waals surface area contributed by atoms with Gasteiger partial charge in [0.2, 0.25) is 10.0 Å². The third-order valence-electron chi connectivity index (χ3n) is 6.74. The molecule has 2 aliphatic rings. The van der Waals surface area contributed by atoms with Crippen LogP contribution >= 0.6 is 0 Å². The van der Waals surface area contributed by atoms with E-state index in [1.165, 1.54) is 16.4 Å². The predicted octanol–water partition coefficient (Wildman–Crippen LogP) is 3.45. The molecule has 8 heteroatoms. The van der Waals surface area contributed by atoms with E-state index in [1.54, 1.807) is 30.3 Å². The van der Waals surface area contributed by atoms with E-state index in [4.69, 9.17) is 0 Å². The Morgan fingerprint density at radius 2 is 1.84 bits per heavy atom. The number of H-pyrrole nitrogens is 1. The van der Waals surface area contributed by atoms with Crippen LogP contribution in [0.5, 0.6) is 0 Å². The summed E-state index contributed by atoms with van der Waals surface area (Å²) in [6.45, 7) is 2.61. The minimum atomic E-state index is -3.63. The molecular weight excluding hydrogens is 429 g/mol. The van der Waals surface area contributed by atoms with E-state index in [9.17, 15) is 17.6 Å². The van der Waals surface area contributed by atoms with Gasteiger partial charge in [-0.15, -0.1) is 0 Å². The van der Waals surface area contributed by atoms with Gasteiger partial charge in [-0.25, -0.2) is 12.8 Å². The second-order valence-corrected chi connectivity index (χ2v) is 10.7. The molecule has 1 fully saturated rings. The van der Waals surface area contributed by atoms with Gasteiger partial charge in [0.25, 0.3) is 0 Å². The first-order valence-corrected chi connectivity index (χ1v) is 12.5. The van der Waals surface area contributed by atoms with Crippen molar-refractivity contribution < 1.29 is 17.6 Å². The fourth-order valence-electron chi connectivity index (χ4n) is 4.89. The van der Waals surface area contributed by atoms with Gasteiger partial charge >= 0.3 is 0 Å². The number of Topliss-reactive ketones (excluding diaryl/α,β-unsaturated/α-hetero) is 1. The van der Waals surface area contributed by atoms with E-state index >= 15 is 0 Å². The average Bonchev–Trinajstić information content (AvgIpc) is 3.18. The van der Waals surface area contributed by atoms with Crippen molar-refractivity contribution >= 4 is 26.7 Å². The van der Waals surface area contributed by atoms with Gasteiger partial charge in [0, 0.05) is 35.8 Å². The molecule has 1 aromatic heterocycles. The van der Waals surface area contributed by atoms with Gasteiger partial charge in [0.05, 0.1) is 11.4 Å². The maximum Gasteiger partial charge on any atom is 0.244 e. The molecule has 32 heavy (non-hydrogen) atoms. The molecule has 0 unspecified atom stereocenters. The Morgan fingerprint density at radius 3 is 2.66 bits per heavy atom. The standard InChI is InChI=1S/C24H26FN3O3S/c25-19-5-6-22-21(14-19)18(15-26-22)13-17-7-9-27(10-8-17)11-12-28-16-23(29)20-3-1-2-4-24(20)32(28,30)31/h1-6,14-15,17,26H,7-13,16H2. The van der Waals surface area contributed by atoms with Crippen LogP contribution in [-0.2, 0) is 16.4 Å². The summed E-state index contributed by atoms with van der Waals surface area (Å²) in [4.78, 5) is 18.0. The summed E-state index contributed by atoms with van der Waals surface area (Å²) in [5.74, 6) is 0.145. The summed E-state index contributed by atoms with van der Waals surface area (Å²) < 4.78 is 40.8. The zero-order valence-electron chi connectivity index (χ0n) is 17.8. The molecule has 0 radical (unpaired) electrons. The number of carbonyl (C=O) groups excluding carboxylic acids is 1. The average molecular weight is 456 g/mol. The van der Waals surface area contributed by atoms with Gasteiger partial charge in [0.15, 0.2) is 5.78 Å². The Labute approximate surface area is 187 Å². The molecule has 0 atom stereocenters. The van der Waals surface area contributed by atoms with Gasteiger partial charge in [-0.3, -0.25) is 4.79 Å². The van der Waals surface area contributed by atoms with Gasteiger partial charge in [-0.05, 0) is 74.2 Å². The second kappa shape index (κ2) is 8.42. The summed E-state index contributed by atoms with van der Waals surface area (Å²) in [6.07, 6.45) is 4.91. The number of likely N-dealkylation sites (tertiary alicyclic amines) is 1. The van der Waals surface area contributed by atoms with Crippen molar-refractivity contribution in [1.29, 1.82) is 0 Å². The van der Waals surface area contributed by atoms with Crippen LogP contribution < -0.4 is 0 Å². The van der Waals surface area contributed by atoms with Crippen molar-refractivity contribution in [2.75, 3.05) is 32.7 Å². The number of nitrogens with one attached hydrogen (secondary N) is 1. The Morgan fingerprint density at radius 1 is 1.06 bits per heavy atom. The van der Waals surface area contributed by atoms with E-state index in [0.717, 1.165) is 48.8 Å². The molecule has 2 aromatic carbocycles. The molecule has 6 nitrogen and oxygen atoms in total. The van der Waals surface area contributed by atoms with Crippen molar-refractivity contribution in [1.82, 2.24) is 14.2 Å². The molecule has 168 valence electrons. The molecule has 3 aromatic rings. The van der Waals surface area contributed by atoms with Crippen molar-refractivity contribution in [2.45, 2.75) is 24.2 Å². The molecule has 1 N–H and O–H groups in total. The number of piperidine rings is 1. The normalized spacial score (nSPS) is 20.0. The number of aromatic amines is 1. The van der Waals surface area contributed by atoms with Gasteiger partial charge in [-0.1, -0.05) is 12.1 Å². The highest BCUT2D eigenvalue weighted by atomic mass is 32.2. The minimum absolute atomic E-state index is 0.0903. The monoisotopic (exact) mass is 455 g/mol. The molecule has 3 heterocycles. The highest BCUT2D eigenvalue weighted by molar-refractivity contribution is 7.89. The third kappa shape index (κ3) is 3.98. The van der Waals surface area contributed by atoms with Gasteiger partial charge in [-0.2, -0.15) is 4.31 Å². The van der Waals surface area contributed by atoms with E-state index in [-0.39, 0.29) is 23.0 Å². The number of rotatable bonds is 5. The molecule has 0 amide bonds. The fraction of sp³-hybridized carbons (Fsp3) is 0.375. The van der Waals surface area contributed by atoms with Crippen LogP contribution in [0.4, 0.5) is 4.39 Å². The van der Waals surface area contributed by atoms with E-state index in [2.05, 4.69) is 9.88 Å². The zero-order valence-corrected chi connectivity index (χ0v) is 18.6. The van der Waals surface area contributed by atoms with E-state index in [1.807, 2.05) is 6.20 Å². The molecular formula is C24H26FN3O3S. The first-order valence-electron chi connectivity index (χ1n) is 11.0. The Bertz CT molecular complexity index is 1260. The van der Waals surface area contributed by atoms with Crippen LogP contribution in [0.3, 0.4) is 0 Å².